The van der Waals surface area contributed by atoms with Crippen LogP contribution in [0.3, 0.4) is 0 Å². The fourth-order valence-corrected chi connectivity index (χ4v) is 5.58. The third-order valence-electron chi connectivity index (χ3n) is 7.51. The van der Waals surface area contributed by atoms with E-state index >= 15 is 0 Å². The quantitative estimate of drug-likeness (QED) is 0.335. The number of benzene rings is 3. The molecule has 38 heavy (non-hydrogen) atoms. The molecule has 1 amide bonds. The van der Waals surface area contributed by atoms with Crippen LogP contribution in [0.1, 0.15) is 80.4 Å². The van der Waals surface area contributed by atoms with Crippen molar-refractivity contribution in [3.63, 3.8) is 0 Å². The smallest absolute Gasteiger partial charge is 0.313 e. The van der Waals surface area contributed by atoms with Crippen LogP contribution in [0.15, 0.2) is 60.7 Å². The fraction of sp³-hybridized carbons (Fsp3) is 0.375. The number of hydrogen-bond donors (Lipinski definition) is 1. The summed E-state index contributed by atoms with van der Waals surface area (Å²) in [4.78, 5) is 26.6. The summed E-state index contributed by atoms with van der Waals surface area (Å²) in [7, 11) is 0. The molecular weight excluding hydrogens is 498 g/mol. The number of hydrogen-bond acceptors (Lipinski definition) is 3. The first-order chi connectivity index (χ1) is 18.2. The van der Waals surface area contributed by atoms with E-state index in [-0.39, 0.29) is 5.91 Å². The molecule has 1 heterocycles. The number of rotatable bonds is 7. The van der Waals surface area contributed by atoms with Crippen molar-refractivity contribution in [2.75, 3.05) is 0 Å². The molecule has 0 aromatic heterocycles. The molecule has 0 unspecified atom stereocenters. The number of carboxylic acids is 1. The number of fused-ring (bicyclic) bond motifs is 1. The summed E-state index contributed by atoms with van der Waals surface area (Å²) in [5.41, 5.74) is 4.15. The molecule has 0 radical (unpaired) electrons. The zero-order valence-corrected chi connectivity index (χ0v) is 23.3. The lowest BCUT2D eigenvalue weighted by atomic mass is 9.83. The summed E-state index contributed by atoms with van der Waals surface area (Å²) in [6.07, 6.45) is 4.60. The second-order valence-corrected chi connectivity index (χ2v) is 10.7. The minimum Gasteiger partial charge on any atom is -0.489 e. The topological polar surface area (TPSA) is 66.8 Å². The van der Waals surface area contributed by atoms with Crippen LogP contribution in [0.4, 0.5) is 0 Å². The molecule has 2 aliphatic rings. The van der Waals surface area contributed by atoms with Gasteiger partial charge in [0.25, 0.3) is 5.91 Å². The Hall–Kier alpha value is -3.31. The van der Waals surface area contributed by atoms with Crippen molar-refractivity contribution < 1.29 is 19.4 Å². The lowest BCUT2D eigenvalue weighted by Crippen LogP contribution is -2.33. The van der Waals surface area contributed by atoms with Crippen LogP contribution in [0, 0.1) is 0 Å². The van der Waals surface area contributed by atoms with Crippen LogP contribution in [0.25, 0.3) is 11.1 Å². The summed E-state index contributed by atoms with van der Waals surface area (Å²) in [5, 5.41) is 10.1. The standard InChI is InChI=1S/C30H30ClNO4.C2H6/c1-30(2,29(34)35)26-16-21(10-13-27(26)31)20-7-5-6-19(14-20)18-36-24-11-12-25-22(15-24)17-32(28(25)33)23-8-3-4-9-23;1-2/h5-7,10-16,23H,3-4,8-9,17-18H2,1-2H3,(H,34,35);1-2H3. The highest BCUT2D eigenvalue weighted by Crippen LogP contribution is 2.35. The third-order valence-corrected chi connectivity index (χ3v) is 7.84. The Bertz CT molecular complexity index is 1330. The molecule has 5 rings (SSSR count). The highest BCUT2D eigenvalue weighted by molar-refractivity contribution is 6.31. The number of carbonyl (C=O) groups is 2. The molecule has 1 N–H and O–H groups in total. The first-order valence-corrected chi connectivity index (χ1v) is 13.8. The number of halogens is 1. The van der Waals surface area contributed by atoms with E-state index in [2.05, 4.69) is 0 Å². The van der Waals surface area contributed by atoms with E-state index in [0.717, 1.165) is 46.4 Å². The Kier molecular flexibility index (Phi) is 8.47. The van der Waals surface area contributed by atoms with Crippen molar-refractivity contribution in [2.45, 2.75) is 78.0 Å². The number of amides is 1. The zero-order valence-electron chi connectivity index (χ0n) is 22.6. The Balaban J connectivity index is 0.00000164. The molecule has 3 aromatic carbocycles. The van der Waals surface area contributed by atoms with Crippen LogP contribution in [0.2, 0.25) is 5.02 Å². The predicted molar refractivity (Wildman–Crippen MR) is 152 cm³/mol. The van der Waals surface area contributed by atoms with Gasteiger partial charge in [-0.05, 0) is 90.9 Å². The molecule has 1 fully saturated rings. The number of carboxylic acid groups (broad SMARTS) is 1. The Morgan fingerprint density at radius 2 is 1.74 bits per heavy atom. The van der Waals surface area contributed by atoms with Crippen molar-refractivity contribution in [3.8, 4) is 16.9 Å². The summed E-state index contributed by atoms with van der Waals surface area (Å²) in [6, 6.07) is 19.6. The first kappa shape index (κ1) is 27.7. The maximum atomic E-state index is 12.8. The predicted octanol–water partition coefficient (Wildman–Crippen LogP) is 7.87. The summed E-state index contributed by atoms with van der Waals surface area (Å²) in [6.45, 7) is 8.36. The first-order valence-electron chi connectivity index (χ1n) is 13.4. The molecule has 0 saturated heterocycles. The van der Waals surface area contributed by atoms with E-state index in [1.807, 2.05) is 73.3 Å². The van der Waals surface area contributed by atoms with E-state index < -0.39 is 11.4 Å². The van der Waals surface area contributed by atoms with Gasteiger partial charge in [0.15, 0.2) is 0 Å². The van der Waals surface area contributed by atoms with Gasteiger partial charge in [-0.3, -0.25) is 9.59 Å². The van der Waals surface area contributed by atoms with Crippen molar-refractivity contribution >= 4 is 23.5 Å². The Labute approximate surface area is 230 Å². The fourth-order valence-electron chi connectivity index (χ4n) is 5.23. The van der Waals surface area contributed by atoms with Gasteiger partial charge in [0.1, 0.15) is 12.4 Å². The number of aliphatic carboxylic acids is 1. The molecule has 1 aliphatic heterocycles. The number of nitrogens with zero attached hydrogens (tertiary/aromatic N) is 1. The minimum absolute atomic E-state index is 0.143. The molecule has 1 aliphatic carbocycles. The second kappa shape index (κ2) is 11.6. The van der Waals surface area contributed by atoms with Gasteiger partial charge >= 0.3 is 5.97 Å². The molecule has 0 bridgehead atoms. The molecule has 5 nitrogen and oxygen atoms in total. The van der Waals surface area contributed by atoms with Crippen molar-refractivity contribution in [1.82, 2.24) is 4.90 Å². The molecule has 200 valence electrons. The SMILES string of the molecule is CC.CC(C)(C(=O)O)c1cc(-c2cccc(COc3ccc4c(c3)CN(C3CCCC3)C4=O)c2)ccc1Cl. The molecule has 0 spiro atoms. The van der Waals surface area contributed by atoms with Gasteiger partial charge in [0.05, 0.1) is 5.41 Å². The van der Waals surface area contributed by atoms with Crippen LogP contribution in [-0.2, 0) is 23.4 Å². The largest absolute Gasteiger partial charge is 0.489 e. The van der Waals surface area contributed by atoms with Gasteiger partial charge in [0, 0.05) is 23.2 Å². The van der Waals surface area contributed by atoms with E-state index in [1.54, 1.807) is 19.9 Å². The number of carbonyl (C=O) groups excluding carboxylic acids is 1. The highest BCUT2D eigenvalue weighted by Gasteiger charge is 2.34. The molecule has 6 heteroatoms. The van der Waals surface area contributed by atoms with Crippen LogP contribution < -0.4 is 4.74 Å². The maximum absolute atomic E-state index is 12.8. The van der Waals surface area contributed by atoms with Crippen molar-refractivity contribution in [2.24, 2.45) is 0 Å². The van der Waals surface area contributed by atoms with Crippen LogP contribution >= 0.6 is 11.6 Å². The van der Waals surface area contributed by atoms with Crippen LogP contribution in [0.5, 0.6) is 5.75 Å². The van der Waals surface area contributed by atoms with Gasteiger partial charge in [-0.15, -0.1) is 0 Å². The van der Waals surface area contributed by atoms with E-state index in [4.69, 9.17) is 16.3 Å². The summed E-state index contributed by atoms with van der Waals surface area (Å²) < 4.78 is 6.10. The third kappa shape index (κ3) is 5.58. The lowest BCUT2D eigenvalue weighted by Gasteiger charge is -2.23. The van der Waals surface area contributed by atoms with E-state index in [1.165, 1.54) is 12.8 Å². The molecular formula is C32H36ClNO4. The summed E-state index contributed by atoms with van der Waals surface area (Å²) >= 11 is 6.35. The van der Waals surface area contributed by atoms with Gasteiger partial charge in [0.2, 0.25) is 0 Å². The highest BCUT2D eigenvalue weighted by atomic mass is 35.5. The molecule has 1 saturated carbocycles. The van der Waals surface area contributed by atoms with Gasteiger partial charge in [-0.25, -0.2) is 0 Å². The van der Waals surface area contributed by atoms with Gasteiger partial charge in [-0.1, -0.05) is 62.6 Å². The van der Waals surface area contributed by atoms with E-state index in [9.17, 15) is 14.7 Å². The average Bonchev–Trinajstić information content (AvgIpc) is 3.57. The monoisotopic (exact) mass is 533 g/mol. The van der Waals surface area contributed by atoms with Gasteiger partial charge < -0.3 is 14.7 Å². The summed E-state index contributed by atoms with van der Waals surface area (Å²) in [5.74, 6) is -0.0344. The minimum atomic E-state index is -1.10. The van der Waals surface area contributed by atoms with Crippen molar-refractivity contribution in [1.29, 1.82) is 0 Å². The Morgan fingerprint density at radius 3 is 2.45 bits per heavy atom. The number of ether oxygens (including phenoxy) is 1. The molecule has 3 aromatic rings. The van der Waals surface area contributed by atoms with E-state index in [0.29, 0.717) is 29.8 Å². The zero-order chi connectivity index (χ0) is 27.4. The lowest BCUT2D eigenvalue weighted by molar-refractivity contribution is -0.142. The van der Waals surface area contributed by atoms with Crippen LogP contribution in [-0.4, -0.2) is 27.9 Å². The second-order valence-electron chi connectivity index (χ2n) is 10.3. The maximum Gasteiger partial charge on any atom is 0.313 e. The average molecular weight is 534 g/mol. The normalized spacial score (nSPS) is 15.2. The van der Waals surface area contributed by atoms with Crippen molar-refractivity contribution in [3.05, 3.63) is 87.9 Å². The molecule has 0 atom stereocenters. The van der Waals surface area contributed by atoms with Gasteiger partial charge in [-0.2, -0.15) is 0 Å². The Morgan fingerprint density at radius 1 is 1.03 bits per heavy atom.